The van der Waals surface area contributed by atoms with Gasteiger partial charge in [-0.2, -0.15) is 0 Å². The van der Waals surface area contributed by atoms with Crippen molar-refractivity contribution < 1.29 is 0 Å². The first-order chi connectivity index (χ1) is 6.68. The zero-order valence-electron chi connectivity index (χ0n) is 9.09. The first-order valence-corrected chi connectivity index (χ1v) is 5.54. The van der Waals surface area contributed by atoms with Gasteiger partial charge < -0.3 is 5.73 Å². The summed E-state index contributed by atoms with van der Waals surface area (Å²) in [6.45, 7) is 4.53. The lowest BCUT2D eigenvalue weighted by Gasteiger charge is -2.13. The number of fused-ring (bicyclic) bond motifs is 1. The fourth-order valence-corrected chi connectivity index (χ4v) is 2.43. The molecule has 2 rings (SSSR count). The van der Waals surface area contributed by atoms with Gasteiger partial charge in [0.1, 0.15) is 0 Å². The SMILES string of the molecule is CC(C)Cc1cccc2c1[C@@H](N)CC2. The second-order valence-electron chi connectivity index (χ2n) is 4.73. The third kappa shape index (κ3) is 1.69. The molecule has 1 aliphatic carbocycles. The van der Waals surface area contributed by atoms with E-state index in [1.54, 1.807) is 0 Å². The van der Waals surface area contributed by atoms with Crippen molar-refractivity contribution >= 4 is 0 Å². The van der Waals surface area contributed by atoms with Crippen LogP contribution >= 0.6 is 0 Å². The predicted octanol–water partition coefficient (Wildman–Crippen LogP) is 2.83. The van der Waals surface area contributed by atoms with Crippen LogP contribution in [0.1, 0.15) is 43.0 Å². The topological polar surface area (TPSA) is 26.0 Å². The molecule has 0 heterocycles. The average Bonchev–Trinajstić information content (AvgIpc) is 2.48. The molecule has 1 aliphatic rings. The second kappa shape index (κ2) is 3.74. The van der Waals surface area contributed by atoms with Crippen molar-refractivity contribution in [3.8, 4) is 0 Å². The summed E-state index contributed by atoms with van der Waals surface area (Å²) in [5, 5.41) is 0. The Hall–Kier alpha value is -0.820. The van der Waals surface area contributed by atoms with Crippen LogP contribution in [0.5, 0.6) is 0 Å². The lowest BCUT2D eigenvalue weighted by molar-refractivity contribution is 0.632. The molecule has 0 radical (unpaired) electrons. The molecule has 1 heteroatoms. The van der Waals surface area contributed by atoms with E-state index in [2.05, 4.69) is 32.0 Å². The van der Waals surface area contributed by atoms with Crippen molar-refractivity contribution in [1.82, 2.24) is 0 Å². The van der Waals surface area contributed by atoms with E-state index in [1.165, 1.54) is 23.1 Å². The highest BCUT2D eigenvalue weighted by atomic mass is 14.6. The molecule has 0 unspecified atom stereocenters. The Morgan fingerprint density at radius 2 is 2.21 bits per heavy atom. The molecule has 0 aliphatic heterocycles. The maximum atomic E-state index is 6.12. The molecule has 1 aromatic carbocycles. The van der Waals surface area contributed by atoms with Gasteiger partial charge in [-0.25, -0.2) is 0 Å². The highest BCUT2D eigenvalue weighted by molar-refractivity contribution is 5.41. The number of benzene rings is 1. The zero-order valence-corrected chi connectivity index (χ0v) is 9.09. The third-order valence-electron chi connectivity index (χ3n) is 3.01. The monoisotopic (exact) mass is 189 g/mol. The summed E-state index contributed by atoms with van der Waals surface area (Å²) in [4.78, 5) is 0. The Kier molecular flexibility index (Phi) is 2.60. The van der Waals surface area contributed by atoms with Crippen molar-refractivity contribution in [3.63, 3.8) is 0 Å². The molecule has 14 heavy (non-hydrogen) atoms. The van der Waals surface area contributed by atoms with E-state index in [4.69, 9.17) is 5.73 Å². The number of nitrogens with two attached hydrogens (primary N) is 1. The van der Waals surface area contributed by atoms with Crippen LogP contribution in [-0.4, -0.2) is 0 Å². The van der Waals surface area contributed by atoms with Crippen molar-refractivity contribution in [1.29, 1.82) is 0 Å². The molecule has 1 atom stereocenters. The van der Waals surface area contributed by atoms with Gasteiger partial charge in [0.25, 0.3) is 0 Å². The van der Waals surface area contributed by atoms with E-state index in [0.29, 0.717) is 12.0 Å². The summed E-state index contributed by atoms with van der Waals surface area (Å²) in [7, 11) is 0. The lowest BCUT2D eigenvalue weighted by Crippen LogP contribution is -2.09. The molecule has 0 amide bonds. The first kappa shape index (κ1) is 9.72. The maximum absolute atomic E-state index is 6.12. The summed E-state index contributed by atoms with van der Waals surface area (Å²) >= 11 is 0. The van der Waals surface area contributed by atoms with Crippen LogP contribution in [0.2, 0.25) is 0 Å². The van der Waals surface area contributed by atoms with Crippen molar-refractivity contribution in [2.45, 2.75) is 39.2 Å². The smallest absolute Gasteiger partial charge is 0.0303 e. The van der Waals surface area contributed by atoms with Gasteiger partial charge in [0.2, 0.25) is 0 Å². The average molecular weight is 189 g/mol. The maximum Gasteiger partial charge on any atom is 0.0303 e. The minimum Gasteiger partial charge on any atom is -0.324 e. The summed E-state index contributed by atoms with van der Waals surface area (Å²) < 4.78 is 0. The molecule has 1 aromatic rings. The number of rotatable bonds is 2. The summed E-state index contributed by atoms with van der Waals surface area (Å²) in [6, 6.07) is 6.94. The van der Waals surface area contributed by atoms with Gasteiger partial charge in [-0.05, 0) is 41.9 Å². The molecule has 2 N–H and O–H groups in total. The standard InChI is InChI=1S/C13H19N/c1-9(2)8-11-5-3-4-10-6-7-12(14)13(10)11/h3-5,9,12H,6-8,14H2,1-2H3/t12-/m0/s1. The van der Waals surface area contributed by atoms with Crippen LogP contribution < -0.4 is 5.73 Å². The molecule has 76 valence electrons. The van der Waals surface area contributed by atoms with E-state index in [1.807, 2.05) is 0 Å². The van der Waals surface area contributed by atoms with Crippen LogP contribution in [0.3, 0.4) is 0 Å². The fraction of sp³-hybridized carbons (Fsp3) is 0.538. The minimum atomic E-state index is 0.292. The second-order valence-corrected chi connectivity index (χ2v) is 4.73. The van der Waals surface area contributed by atoms with Crippen molar-refractivity contribution in [2.75, 3.05) is 0 Å². The van der Waals surface area contributed by atoms with Gasteiger partial charge in [0.05, 0.1) is 0 Å². The van der Waals surface area contributed by atoms with Crippen LogP contribution in [0.15, 0.2) is 18.2 Å². The molecule has 0 fully saturated rings. The quantitative estimate of drug-likeness (QED) is 0.760. The molecule has 0 aromatic heterocycles. The minimum absolute atomic E-state index is 0.292. The third-order valence-corrected chi connectivity index (χ3v) is 3.01. The Morgan fingerprint density at radius 1 is 1.43 bits per heavy atom. The van der Waals surface area contributed by atoms with Crippen LogP contribution in [0, 0.1) is 5.92 Å². The fourth-order valence-electron chi connectivity index (χ4n) is 2.43. The van der Waals surface area contributed by atoms with E-state index < -0.39 is 0 Å². The van der Waals surface area contributed by atoms with Crippen molar-refractivity contribution in [3.05, 3.63) is 34.9 Å². The van der Waals surface area contributed by atoms with Gasteiger partial charge in [-0.1, -0.05) is 32.0 Å². The normalized spacial score (nSPS) is 20.1. The summed E-state index contributed by atoms with van der Waals surface area (Å²) in [5.41, 5.74) is 10.5. The molecule has 0 saturated carbocycles. The zero-order chi connectivity index (χ0) is 10.1. The van der Waals surface area contributed by atoms with Crippen LogP contribution in [0.4, 0.5) is 0 Å². The molecule has 0 spiro atoms. The Balaban J connectivity index is 2.36. The number of aryl methyl sites for hydroxylation is 1. The van der Waals surface area contributed by atoms with Gasteiger partial charge in [0.15, 0.2) is 0 Å². The Morgan fingerprint density at radius 3 is 2.93 bits per heavy atom. The highest BCUT2D eigenvalue weighted by Gasteiger charge is 2.21. The van der Waals surface area contributed by atoms with E-state index in [9.17, 15) is 0 Å². The number of hydrogen-bond donors (Lipinski definition) is 1. The molecular weight excluding hydrogens is 170 g/mol. The van der Waals surface area contributed by atoms with Gasteiger partial charge in [0, 0.05) is 6.04 Å². The summed E-state index contributed by atoms with van der Waals surface area (Å²) in [5.74, 6) is 0.717. The van der Waals surface area contributed by atoms with Gasteiger partial charge >= 0.3 is 0 Å². The van der Waals surface area contributed by atoms with Crippen LogP contribution in [-0.2, 0) is 12.8 Å². The largest absolute Gasteiger partial charge is 0.324 e. The molecule has 1 nitrogen and oxygen atoms in total. The molecular formula is C13H19N. The van der Waals surface area contributed by atoms with Crippen LogP contribution in [0.25, 0.3) is 0 Å². The Labute approximate surface area is 86.3 Å². The van der Waals surface area contributed by atoms with Gasteiger partial charge in [-0.15, -0.1) is 0 Å². The molecule has 0 saturated heterocycles. The predicted molar refractivity (Wildman–Crippen MR) is 60.2 cm³/mol. The molecule has 0 bridgehead atoms. The highest BCUT2D eigenvalue weighted by Crippen LogP contribution is 2.32. The number of hydrogen-bond acceptors (Lipinski definition) is 1. The van der Waals surface area contributed by atoms with E-state index in [-0.39, 0.29) is 0 Å². The van der Waals surface area contributed by atoms with Crippen molar-refractivity contribution in [2.24, 2.45) is 11.7 Å². The Bertz CT molecular complexity index is 328. The first-order valence-electron chi connectivity index (χ1n) is 5.54. The summed E-state index contributed by atoms with van der Waals surface area (Å²) in [6.07, 6.45) is 3.46. The lowest BCUT2D eigenvalue weighted by atomic mass is 9.94. The van der Waals surface area contributed by atoms with E-state index in [0.717, 1.165) is 12.8 Å². The van der Waals surface area contributed by atoms with Gasteiger partial charge in [-0.3, -0.25) is 0 Å². The van der Waals surface area contributed by atoms with E-state index >= 15 is 0 Å².